The zero-order chi connectivity index (χ0) is 25.8. The molecule has 1 unspecified atom stereocenters. The number of aliphatic carboxylic acids is 5. The fraction of sp³-hybridized carbons (Fsp3) is 0.688. The summed E-state index contributed by atoms with van der Waals surface area (Å²) >= 11 is 0. The van der Waals surface area contributed by atoms with Crippen molar-refractivity contribution >= 4 is 37.4 Å². The van der Waals surface area contributed by atoms with Crippen LogP contribution in [0, 0.1) is 0 Å². The molecule has 16 nitrogen and oxygen atoms in total. The average Bonchev–Trinajstić information content (AvgIpc) is 2.59. The standard InChI is InChI=1S/C16H28N3O13P/c20-12(21)7-17(8-13(22)23)2-4-19(11(16(28)29)1-6-33(30,31)32)5-3-18(9-14(24)25)10-15(26)27/h11H,1-10H2,(H,20,21)(H,22,23)(H,24,25)(H,26,27)(H,28,29)(H2,30,31,32). The first kappa shape index (κ1) is 30.4. The Morgan fingerprint density at radius 1 is 0.636 bits per heavy atom. The molecular formula is C16H28N3O13P. The van der Waals surface area contributed by atoms with Gasteiger partial charge in [-0.3, -0.25) is 43.2 Å². The molecule has 33 heavy (non-hydrogen) atoms. The maximum absolute atomic E-state index is 11.8. The molecule has 0 aliphatic carbocycles. The summed E-state index contributed by atoms with van der Waals surface area (Å²) in [6, 6.07) is -1.49. The second kappa shape index (κ2) is 14.5. The molecule has 1 atom stereocenters. The lowest BCUT2D eigenvalue weighted by Gasteiger charge is -2.32. The fourth-order valence-electron chi connectivity index (χ4n) is 2.91. The summed E-state index contributed by atoms with van der Waals surface area (Å²) in [6.07, 6.45) is -1.31. The third-order valence-corrected chi connectivity index (χ3v) is 5.10. The van der Waals surface area contributed by atoms with Crippen molar-refractivity contribution in [2.45, 2.75) is 12.5 Å². The minimum absolute atomic E-state index is 0.254. The maximum Gasteiger partial charge on any atom is 0.325 e. The molecule has 0 saturated carbocycles. The minimum atomic E-state index is -4.57. The van der Waals surface area contributed by atoms with E-state index in [-0.39, 0.29) is 26.2 Å². The van der Waals surface area contributed by atoms with E-state index < -0.39 is 82.2 Å². The van der Waals surface area contributed by atoms with E-state index in [2.05, 4.69) is 0 Å². The SMILES string of the molecule is O=C(O)CN(CCN(CCN(CC(=O)O)CC(=O)O)C(CCP(=O)(O)O)C(=O)O)CC(=O)O. The number of hydrogen-bond acceptors (Lipinski definition) is 9. The van der Waals surface area contributed by atoms with E-state index in [1.165, 1.54) is 0 Å². The van der Waals surface area contributed by atoms with E-state index in [1.807, 2.05) is 0 Å². The van der Waals surface area contributed by atoms with Gasteiger partial charge < -0.3 is 35.3 Å². The third kappa shape index (κ3) is 15.8. The van der Waals surface area contributed by atoms with Crippen LogP contribution in [-0.2, 0) is 28.5 Å². The molecule has 17 heteroatoms. The van der Waals surface area contributed by atoms with E-state index in [0.717, 1.165) is 14.7 Å². The summed E-state index contributed by atoms with van der Waals surface area (Å²) < 4.78 is 11.2. The molecule has 0 rings (SSSR count). The molecule has 0 aromatic heterocycles. The van der Waals surface area contributed by atoms with Crippen LogP contribution in [0.3, 0.4) is 0 Å². The van der Waals surface area contributed by atoms with Crippen molar-refractivity contribution in [3.05, 3.63) is 0 Å². The van der Waals surface area contributed by atoms with Gasteiger partial charge in [0.25, 0.3) is 0 Å². The van der Waals surface area contributed by atoms with E-state index in [1.54, 1.807) is 0 Å². The molecule has 0 amide bonds. The van der Waals surface area contributed by atoms with Gasteiger partial charge in [0.15, 0.2) is 0 Å². The number of nitrogens with zero attached hydrogens (tertiary/aromatic N) is 3. The Morgan fingerprint density at radius 3 is 1.21 bits per heavy atom. The number of rotatable bonds is 19. The molecule has 0 heterocycles. The molecule has 0 aromatic rings. The first-order valence-corrected chi connectivity index (χ1v) is 11.2. The van der Waals surface area contributed by atoms with Gasteiger partial charge in [-0.2, -0.15) is 0 Å². The topological polar surface area (TPSA) is 254 Å². The third-order valence-electron chi connectivity index (χ3n) is 4.26. The Bertz CT molecular complexity index is 684. The largest absolute Gasteiger partial charge is 0.480 e. The smallest absolute Gasteiger partial charge is 0.325 e. The molecule has 0 aliphatic rings. The molecule has 0 saturated heterocycles. The van der Waals surface area contributed by atoms with Crippen LogP contribution in [0.2, 0.25) is 0 Å². The van der Waals surface area contributed by atoms with Gasteiger partial charge >= 0.3 is 37.4 Å². The molecule has 0 radical (unpaired) electrons. The maximum atomic E-state index is 11.8. The minimum Gasteiger partial charge on any atom is -0.480 e. The van der Waals surface area contributed by atoms with Crippen molar-refractivity contribution in [3.63, 3.8) is 0 Å². The zero-order valence-corrected chi connectivity index (χ0v) is 18.4. The average molecular weight is 501 g/mol. The summed E-state index contributed by atoms with van der Waals surface area (Å²) in [6.45, 7) is -3.73. The van der Waals surface area contributed by atoms with Crippen LogP contribution in [0.25, 0.3) is 0 Å². The van der Waals surface area contributed by atoms with Gasteiger partial charge in [0.1, 0.15) is 6.04 Å². The quantitative estimate of drug-likeness (QED) is 0.0885. The summed E-state index contributed by atoms with van der Waals surface area (Å²) in [7, 11) is -4.57. The van der Waals surface area contributed by atoms with Gasteiger partial charge in [0.05, 0.1) is 32.3 Å². The zero-order valence-electron chi connectivity index (χ0n) is 17.5. The highest BCUT2D eigenvalue weighted by Crippen LogP contribution is 2.35. The lowest BCUT2D eigenvalue weighted by Crippen LogP contribution is -2.50. The lowest BCUT2D eigenvalue weighted by atomic mass is 10.2. The molecular weight excluding hydrogens is 473 g/mol. The van der Waals surface area contributed by atoms with Crippen molar-refractivity contribution in [2.24, 2.45) is 0 Å². The van der Waals surface area contributed by atoms with Crippen molar-refractivity contribution < 1.29 is 63.9 Å². The van der Waals surface area contributed by atoms with Crippen LogP contribution in [0.1, 0.15) is 6.42 Å². The van der Waals surface area contributed by atoms with E-state index >= 15 is 0 Å². The Kier molecular flexibility index (Phi) is 13.4. The van der Waals surface area contributed by atoms with Crippen LogP contribution in [0.4, 0.5) is 0 Å². The summed E-state index contributed by atoms with van der Waals surface area (Å²) in [4.78, 5) is 76.9. The van der Waals surface area contributed by atoms with Gasteiger partial charge in [-0.1, -0.05) is 0 Å². The monoisotopic (exact) mass is 501 g/mol. The molecule has 0 spiro atoms. The van der Waals surface area contributed by atoms with Crippen LogP contribution < -0.4 is 0 Å². The van der Waals surface area contributed by atoms with E-state index in [4.69, 9.17) is 30.2 Å². The van der Waals surface area contributed by atoms with Crippen molar-refractivity contribution in [1.29, 1.82) is 0 Å². The molecule has 0 aromatic carbocycles. The first-order chi connectivity index (χ1) is 15.1. The predicted molar refractivity (Wildman–Crippen MR) is 108 cm³/mol. The first-order valence-electron chi connectivity index (χ1n) is 9.44. The Balaban J connectivity index is 5.63. The van der Waals surface area contributed by atoms with Crippen LogP contribution in [-0.4, -0.2) is 144 Å². The van der Waals surface area contributed by atoms with Crippen LogP contribution in [0.15, 0.2) is 0 Å². The fourth-order valence-corrected chi connectivity index (χ4v) is 3.49. The molecule has 0 bridgehead atoms. The van der Waals surface area contributed by atoms with Crippen LogP contribution >= 0.6 is 7.60 Å². The predicted octanol–water partition coefficient (Wildman–Crippen LogP) is -2.75. The van der Waals surface area contributed by atoms with E-state index in [9.17, 15) is 33.6 Å². The Labute approximate surface area is 187 Å². The Morgan fingerprint density at radius 2 is 0.970 bits per heavy atom. The Hall–Kier alpha value is -2.62. The second-order valence-electron chi connectivity index (χ2n) is 7.06. The number of carboxylic acids is 5. The van der Waals surface area contributed by atoms with Gasteiger partial charge in [-0.15, -0.1) is 0 Å². The molecule has 0 fully saturated rings. The van der Waals surface area contributed by atoms with Crippen molar-refractivity contribution in [3.8, 4) is 0 Å². The lowest BCUT2D eigenvalue weighted by molar-refractivity contribution is -0.146. The highest BCUT2D eigenvalue weighted by Gasteiger charge is 2.29. The summed E-state index contributed by atoms with van der Waals surface area (Å²) in [5.41, 5.74) is 0. The van der Waals surface area contributed by atoms with Gasteiger partial charge in [0, 0.05) is 26.2 Å². The van der Waals surface area contributed by atoms with Gasteiger partial charge in [-0.05, 0) is 6.42 Å². The summed E-state index contributed by atoms with van der Waals surface area (Å²) in [5.74, 6) is -6.84. The highest BCUT2D eigenvalue weighted by molar-refractivity contribution is 7.51. The number of carboxylic acid groups (broad SMARTS) is 5. The second-order valence-corrected chi connectivity index (χ2v) is 8.84. The van der Waals surface area contributed by atoms with Crippen molar-refractivity contribution in [2.75, 3.05) is 58.5 Å². The van der Waals surface area contributed by atoms with Gasteiger partial charge in [0.2, 0.25) is 0 Å². The molecule has 0 aliphatic heterocycles. The van der Waals surface area contributed by atoms with Gasteiger partial charge in [-0.25, -0.2) is 0 Å². The number of carbonyl (C=O) groups is 5. The van der Waals surface area contributed by atoms with Crippen molar-refractivity contribution in [1.82, 2.24) is 14.7 Å². The summed E-state index contributed by atoms with van der Waals surface area (Å²) in [5, 5.41) is 45.3. The normalized spacial score (nSPS) is 12.8. The number of hydrogen-bond donors (Lipinski definition) is 7. The molecule has 7 N–H and O–H groups in total. The molecule has 190 valence electrons. The highest BCUT2D eigenvalue weighted by atomic mass is 31.2. The van der Waals surface area contributed by atoms with E-state index in [0.29, 0.717) is 0 Å². The van der Waals surface area contributed by atoms with Crippen LogP contribution in [0.5, 0.6) is 0 Å².